The number of carbonyl (C=O) groups excluding carboxylic acids is 1. The minimum Gasteiger partial charge on any atom is -0.480 e. The fourth-order valence-corrected chi connectivity index (χ4v) is 2.68. The molecular formula is C13H23NO3S. The van der Waals surface area contributed by atoms with Crippen LogP contribution in [0.4, 0.5) is 0 Å². The number of hydrogen-bond acceptors (Lipinski definition) is 3. The zero-order valence-corrected chi connectivity index (χ0v) is 12.1. The lowest BCUT2D eigenvalue weighted by atomic mass is 10.1. The molecule has 0 radical (unpaired) electrons. The standard InChI is InChI=1S/C13H23NO3S/c1-13(2,12(16)17)18-10-11(15)14-8-6-4-3-5-7-9-14/h3-10H2,1-2H3,(H,16,17). The van der Waals surface area contributed by atoms with Crippen LogP contribution in [0.5, 0.6) is 0 Å². The molecule has 0 saturated carbocycles. The van der Waals surface area contributed by atoms with Crippen LogP contribution in [0.1, 0.15) is 46.0 Å². The molecule has 1 fully saturated rings. The average Bonchev–Trinajstić information content (AvgIpc) is 2.25. The summed E-state index contributed by atoms with van der Waals surface area (Å²) >= 11 is 1.21. The number of rotatable bonds is 4. The predicted molar refractivity (Wildman–Crippen MR) is 73.8 cm³/mol. The molecule has 0 spiro atoms. The van der Waals surface area contributed by atoms with Crippen LogP contribution in [0.15, 0.2) is 0 Å². The van der Waals surface area contributed by atoms with Crippen molar-refractivity contribution >= 4 is 23.6 Å². The van der Waals surface area contributed by atoms with E-state index in [-0.39, 0.29) is 11.7 Å². The molecule has 1 saturated heterocycles. The van der Waals surface area contributed by atoms with Gasteiger partial charge in [-0.3, -0.25) is 9.59 Å². The van der Waals surface area contributed by atoms with Gasteiger partial charge in [0.2, 0.25) is 5.91 Å². The normalized spacial score (nSPS) is 18.0. The highest BCUT2D eigenvalue weighted by molar-refractivity contribution is 8.01. The molecule has 1 rings (SSSR count). The number of likely N-dealkylation sites (tertiary alicyclic amines) is 1. The highest BCUT2D eigenvalue weighted by Crippen LogP contribution is 2.25. The Bertz CT molecular complexity index is 297. The maximum absolute atomic E-state index is 12.0. The number of carbonyl (C=O) groups is 2. The molecule has 18 heavy (non-hydrogen) atoms. The molecule has 104 valence electrons. The molecule has 1 aliphatic rings. The van der Waals surface area contributed by atoms with Gasteiger partial charge in [0, 0.05) is 13.1 Å². The van der Waals surface area contributed by atoms with E-state index in [4.69, 9.17) is 5.11 Å². The van der Waals surface area contributed by atoms with E-state index in [0.717, 1.165) is 25.9 Å². The fourth-order valence-electron chi connectivity index (χ4n) is 1.89. The summed E-state index contributed by atoms with van der Waals surface area (Å²) in [4.78, 5) is 24.9. The third-order valence-corrected chi connectivity index (χ3v) is 4.57. The highest BCUT2D eigenvalue weighted by atomic mass is 32.2. The lowest BCUT2D eigenvalue weighted by Crippen LogP contribution is -2.37. The Labute approximate surface area is 113 Å². The van der Waals surface area contributed by atoms with Gasteiger partial charge in [-0.25, -0.2) is 0 Å². The Hall–Kier alpha value is -0.710. The molecule has 0 atom stereocenters. The summed E-state index contributed by atoms with van der Waals surface area (Å²) in [6.45, 7) is 4.93. The van der Waals surface area contributed by atoms with Crippen molar-refractivity contribution in [3.63, 3.8) is 0 Å². The summed E-state index contributed by atoms with van der Waals surface area (Å²) in [5, 5.41) is 9.00. The highest BCUT2D eigenvalue weighted by Gasteiger charge is 2.29. The lowest BCUT2D eigenvalue weighted by Gasteiger charge is -2.26. The minimum atomic E-state index is -0.890. The average molecular weight is 273 g/mol. The topological polar surface area (TPSA) is 57.6 Å². The summed E-state index contributed by atoms with van der Waals surface area (Å²) in [7, 11) is 0. The van der Waals surface area contributed by atoms with Crippen LogP contribution in [-0.4, -0.2) is 45.5 Å². The maximum atomic E-state index is 12.0. The minimum absolute atomic E-state index is 0.0798. The zero-order valence-electron chi connectivity index (χ0n) is 11.3. The van der Waals surface area contributed by atoms with Crippen LogP contribution in [0.3, 0.4) is 0 Å². The van der Waals surface area contributed by atoms with E-state index in [1.165, 1.54) is 31.0 Å². The van der Waals surface area contributed by atoms with Gasteiger partial charge in [-0.05, 0) is 26.7 Å². The van der Waals surface area contributed by atoms with Gasteiger partial charge in [0.1, 0.15) is 4.75 Å². The molecule has 0 aromatic heterocycles. The Morgan fingerprint density at radius 3 is 2.11 bits per heavy atom. The molecule has 0 aromatic carbocycles. The summed E-state index contributed by atoms with van der Waals surface area (Å²) in [6.07, 6.45) is 5.79. The zero-order chi connectivity index (χ0) is 13.6. The molecule has 0 bridgehead atoms. The van der Waals surface area contributed by atoms with Gasteiger partial charge >= 0.3 is 5.97 Å². The summed E-state index contributed by atoms with van der Waals surface area (Å²) in [5.74, 6) is -0.525. The largest absolute Gasteiger partial charge is 0.480 e. The molecule has 1 amide bonds. The Balaban J connectivity index is 2.41. The van der Waals surface area contributed by atoms with Crippen molar-refractivity contribution in [2.24, 2.45) is 0 Å². The van der Waals surface area contributed by atoms with Crippen molar-refractivity contribution in [3.8, 4) is 0 Å². The third kappa shape index (κ3) is 4.88. The number of thioether (sulfide) groups is 1. The molecule has 1 aliphatic heterocycles. The molecule has 1 N–H and O–H groups in total. The molecular weight excluding hydrogens is 250 g/mol. The summed E-state index contributed by atoms with van der Waals surface area (Å²) in [5.41, 5.74) is 0. The van der Waals surface area contributed by atoms with Gasteiger partial charge < -0.3 is 10.0 Å². The van der Waals surface area contributed by atoms with Crippen molar-refractivity contribution in [2.45, 2.75) is 50.7 Å². The van der Waals surface area contributed by atoms with Crippen molar-refractivity contribution in [2.75, 3.05) is 18.8 Å². The van der Waals surface area contributed by atoms with Crippen molar-refractivity contribution in [1.82, 2.24) is 4.90 Å². The second-order valence-electron chi connectivity index (χ2n) is 5.25. The number of amides is 1. The smallest absolute Gasteiger partial charge is 0.319 e. The van der Waals surface area contributed by atoms with E-state index in [1.807, 2.05) is 4.90 Å². The fraction of sp³-hybridized carbons (Fsp3) is 0.846. The van der Waals surface area contributed by atoms with E-state index >= 15 is 0 Å². The number of aliphatic carboxylic acids is 1. The monoisotopic (exact) mass is 273 g/mol. The van der Waals surface area contributed by atoms with E-state index < -0.39 is 10.7 Å². The van der Waals surface area contributed by atoms with Crippen LogP contribution >= 0.6 is 11.8 Å². The number of carboxylic acid groups (broad SMARTS) is 1. The first-order chi connectivity index (χ1) is 8.43. The van der Waals surface area contributed by atoms with Crippen LogP contribution in [0.2, 0.25) is 0 Å². The van der Waals surface area contributed by atoms with Crippen LogP contribution < -0.4 is 0 Å². The van der Waals surface area contributed by atoms with Crippen LogP contribution in [0.25, 0.3) is 0 Å². The Morgan fingerprint density at radius 2 is 1.61 bits per heavy atom. The molecule has 4 nitrogen and oxygen atoms in total. The van der Waals surface area contributed by atoms with Crippen molar-refractivity contribution in [1.29, 1.82) is 0 Å². The van der Waals surface area contributed by atoms with Gasteiger partial charge in [0.15, 0.2) is 0 Å². The first-order valence-corrected chi connectivity index (χ1v) is 7.57. The van der Waals surface area contributed by atoms with Gasteiger partial charge in [-0.15, -0.1) is 11.8 Å². The summed E-state index contributed by atoms with van der Waals surface area (Å²) < 4.78 is -0.890. The first-order valence-electron chi connectivity index (χ1n) is 6.58. The van der Waals surface area contributed by atoms with Gasteiger partial charge in [-0.1, -0.05) is 19.3 Å². The van der Waals surface area contributed by atoms with E-state index in [0.29, 0.717) is 0 Å². The summed E-state index contributed by atoms with van der Waals surface area (Å²) in [6, 6.07) is 0. The van der Waals surface area contributed by atoms with E-state index in [2.05, 4.69) is 0 Å². The molecule has 0 aliphatic carbocycles. The Morgan fingerprint density at radius 1 is 1.11 bits per heavy atom. The molecule has 0 aromatic rings. The quantitative estimate of drug-likeness (QED) is 0.854. The molecule has 5 heteroatoms. The number of nitrogens with zero attached hydrogens (tertiary/aromatic N) is 1. The predicted octanol–water partition coefficient (Wildman–Crippen LogP) is 2.38. The van der Waals surface area contributed by atoms with Crippen molar-refractivity contribution < 1.29 is 14.7 Å². The second kappa shape index (κ2) is 7.02. The number of hydrogen-bond donors (Lipinski definition) is 1. The van der Waals surface area contributed by atoms with Gasteiger partial charge in [-0.2, -0.15) is 0 Å². The first kappa shape index (κ1) is 15.3. The maximum Gasteiger partial charge on any atom is 0.319 e. The van der Waals surface area contributed by atoms with Crippen molar-refractivity contribution in [3.05, 3.63) is 0 Å². The SMILES string of the molecule is CC(C)(SCC(=O)N1CCCCCCC1)C(=O)O. The van der Waals surface area contributed by atoms with Crippen LogP contribution in [0, 0.1) is 0 Å². The van der Waals surface area contributed by atoms with Crippen LogP contribution in [-0.2, 0) is 9.59 Å². The molecule has 0 unspecified atom stereocenters. The lowest BCUT2D eigenvalue weighted by molar-refractivity contribution is -0.138. The third-order valence-electron chi connectivity index (χ3n) is 3.28. The molecule has 1 heterocycles. The van der Waals surface area contributed by atoms with E-state index in [1.54, 1.807) is 13.8 Å². The Kier molecular flexibility index (Phi) is 5.99. The number of carboxylic acids is 1. The van der Waals surface area contributed by atoms with Gasteiger partial charge in [0.05, 0.1) is 5.75 Å². The van der Waals surface area contributed by atoms with E-state index in [9.17, 15) is 9.59 Å². The van der Waals surface area contributed by atoms with Gasteiger partial charge in [0.25, 0.3) is 0 Å². The second-order valence-corrected chi connectivity index (χ2v) is 6.85.